The van der Waals surface area contributed by atoms with E-state index in [0.29, 0.717) is 31.3 Å². The Balaban J connectivity index is 0.00000324. The highest BCUT2D eigenvalue weighted by atomic mass is 35.5. The maximum absolute atomic E-state index is 11.7. The lowest BCUT2D eigenvalue weighted by atomic mass is 9.85. The second kappa shape index (κ2) is 10.0. The van der Waals surface area contributed by atoms with Crippen molar-refractivity contribution in [3.63, 3.8) is 0 Å². The fraction of sp³-hybridized carbons (Fsp3) is 0.846. The van der Waals surface area contributed by atoms with E-state index in [1.807, 2.05) is 0 Å². The average Bonchev–Trinajstić information content (AvgIpc) is 2.35. The first-order valence-electron chi connectivity index (χ1n) is 6.81. The van der Waals surface area contributed by atoms with E-state index >= 15 is 0 Å². The van der Waals surface area contributed by atoms with Crippen LogP contribution in [0.2, 0.25) is 0 Å². The molecule has 2 unspecified atom stereocenters. The van der Waals surface area contributed by atoms with E-state index in [9.17, 15) is 9.59 Å². The van der Waals surface area contributed by atoms with E-state index in [1.54, 1.807) is 0 Å². The predicted molar refractivity (Wildman–Crippen MR) is 78.3 cm³/mol. The minimum absolute atomic E-state index is 0. The van der Waals surface area contributed by atoms with Crippen molar-refractivity contribution in [1.82, 2.24) is 16.0 Å². The van der Waals surface area contributed by atoms with Gasteiger partial charge < -0.3 is 16.0 Å². The quantitative estimate of drug-likeness (QED) is 0.631. The SMILES string of the molecule is CC(=O)NCCNC(=O)CC(C)C1CCCNC1.Cl. The van der Waals surface area contributed by atoms with E-state index < -0.39 is 0 Å². The van der Waals surface area contributed by atoms with Gasteiger partial charge in [-0.15, -0.1) is 12.4 Å². The van der Waals surface area contributed by atoms with Gasteiger partial charge in [0.15, 0.2) is 0 Å². The van der Waals surface area contributed by atoms with Crippen molar-refractivity contribution in [1.29, 1.82) is 0 Å². The highest BCUT2D eigenvalue weighted by molar-refractivity contribution is 5.85. The number of piperidine rings is 1. The highest BCUT2D eigenvalue weighted by Crippen LogP contribution is 2.22. The molecule has 0 aromatic carbocycles. The molecule has 6 heteroatoms. The van der Waals surface area contributed by atoms with Crippen LogP contribution >= 0.6 is 12.4 Å². The Hall–Kier alpha value is -0.810. The number of amides is 2. The lowest BCUT2D eigenvalue weighted by Gasteiger charge is -2.28. The average molecular weight is 292 g/mol. The summed E-state index contributed by atoms with van der Waals surface area (Å²) in [7, 11) is 0. The van der Waals surface area contributed by atoms with Gasteiger partial charge in [-0.1, -0.05) is 6.92 Å². The summed E-state index contributed by atoms with van der Waals surface area (Å²) >= 11 is 0. The van der Waals surface area contributed by atoms with Crippen LogP contribution in [-0.2, 0) is 9.59 Å². The van der Waals surface area contributed by atoms with Gasteiger partial charge >= 0.3 is 0 Å². The Morgan fingerprint density at radius 1 is 1.32 bits per heavy atom. The maximum Gasteiger partial charge on any atom is 0.220 e. The monoisotopic (exact) mass is 291 g/mol. The van der Waals surface area contributed by atoms with Gasteiger partial charge in [0.2, 0.25) is 11.8 Å². The summed E-state index contributed by atoms with van der Waals surface area (Å²) < 4.78 is 0. The number of nitrogens with one attached hydrogen (secondary N) is 3. The summed E-state index contributed by atoms with van der Waals surface area (Å²) in [4.78, 5) is 22.3. The van der Waals surface area contributed by atoms with Crippen LogP contribution < -0.4 is 16.0 Å². The third kappa shape index (κ3) is 8.06. The molecule has 3 N–H and O–H groups in total. The lowest BCUT2D eigenvalue weighted by molar-refractivity contribution is -0.123. The molecule has 2 atom stereocenters. The second-order valence-corrected chi connectivity index (χ2v) is 5.12. The first-order valence-corrected chi connectivity index (χ1v) is 6.81. The van der Waals surface area contributed by atoms with Crippen LogP contribution in [0.4, 0.5) is 0 Å². The number of halogens is 1. The molecule has 112 valence electrons. The summed E-state index contributed by atoms with van der Waals surface area (Å²) in [5.74, 6) is 1.04. The standard InChI is InChI=1S/C13H25N3O2.ClH/c1-10(12-4-3-5-14-9-12)8-13(18)16-7-6-15-11(2)17;/h10,12,14H,3-9H2,1-2H3,(H,15,17)(H,16,18);1H. The lowest BCUT2D eigenvalue weighted by Crippen LogP contribution is -2.37. The molecule has 5 nitrogen and oxygen atoms in total. The van der Waals surface area contributed by atoms with Gasteiger partial charge in [-0.2, -0.15) is 0 Å². The molecular formula is C13H26ClN3O2. The molecule has 0 bridgehead atoms. The molecule has 0 spiro atoms. The molecule has 0 saturated carbocycles. The molecule has 0 radical (unpaired) electrons. The van der Waals surface area contributed by atoms with Gasteiger partial charge in [0, 0.05) is 26.4 Å². The second-order valence-electron chi connectivity index (χ2n) is 5.12. The molecule has 0 aromatic heterocycles. The molecule has 1 heterocycles. The van der Waals surface area contributed by atoms with E-state index in [2.05, 4.69) is 22.9 Å². The van der Waals surface area contributed by atoms with Crippen molar-refractivity contribution >= 4 is 24.2 Å². The van der Waals surface area contributed by atoms with Gasteiger partial charge in [0.1, 0.15) is 0 Å². The minimum atomic E-state index is -0.0640. The highest BCUT2D eigenvalue weighted by Gasteiger charge is 2.21. The van der Waals surface area contributed by atoms with Gasteiger partial charge in [-0.25, -0.2) is 0 Å². The number of hydrogen-bond acceptors (Lipinski definition) is 3. The fourth-order valence-electron chi connectivity index (χ4n) is 2.34. The van der Waals surface area contributed by atoms with Gasteiger partial charge in [0.25, 0.3) is 0 Å². The normalized spacial score (nSPS) is 20.0. The van der Waals surface area contributed by atoms with E-state index in [4.69, 9.17) is 0 Å². The first kappa shape index (κ1) is 18.2. The summed E-state index contributed by atoms with van der Waals surface area (Å²) in [6, 6.07) is 0. The zero-order chi connectivity index (χ0) is 13.4. The van der Waals surface area contributed by atoms with Crippen molar-refractivity contribution in [3.8, 4) is 0 Å². The summed E-state index contributed by atoms with van der Waals surface area (Å²) in [6.45, 7) is 6.76. The van der Waals surface area contributed by atoms with Crippen LogP contribution in [0.25, 0.3) is 0 Å². The summed E-state index contributed by atoms with van der Waals surface area (Å²) in [5, 5.41) is 8.86. The van der Waals surface area contributed by atoms with E-state index in [1.165, 1.54) is 19.8 Å². The molecule has 1 fully saturated rings. The van der Waals surface area contributed by atoms with Crippen molar-refractivity contribution in [3.05, 3.63) is 0 Å². The Bertz CT molecular complexity index is 281. The Labute approximate surface area is 121 Å². The van der Waals surface area contributed by atoms with Crippen molar-refractivity contribution in [2.75, 3.05) is 26.2 Å². The molecule has 0 aromatic rings. The van der Waals surface area contributed by atoms with E-state index in [-0.39, 0.29) is 24.2 Å². The molecule has 1 rings (SSSR count). The Morgan fingerprint density at radius 2 is 2.00 bits per heavy atom. The third-order valence-electron chi connectivity index (χ3n) is 3.47. The molecule has 1 aliphatic heterocycles. The Morgan fingerprint density at radius 3 is 2.58 bits per heavy atom. The van der Waals surface area contributed by atoms with Gasteiger partial charge in [0.05, 0.1) is 0 Å². The van der Waals surface area contributed by atoms with Crippen LogP contribution in [0.15, 0.2) is 0 Å². The van der Waals surface area contributed by atoms with Crippen LogP contribution in [0.5, 0.6) is 0 Å². The van der Waals surface area contributed by atoms with Gasteiger partial charge in [-0.05, 0) is 37.8 Å². The molecule has 19 heavy (non-hydrogen) atoms. The van der Waals surface area contributed by atoms with Crippen LogP contribution in [0.1, 0.15) is 33.1 Å². The Kier molecular flexibility index (Phi) is 9.61. The largest absolute Gasteiger partial charge is 0.355 e. The van der Waals surface area contributed by atoms with Crippen molar-refractivity contribution in [2.24, 2.45) is 11.8 Å². The fourth-order valence-corrected chi connectivity index (χ4v) is 2.34. The number of hydrogen-bond donors (Lipinski definition) is 3. The molecule has 2 amide bonds. The number of rotatable bonds is 6. The van der Waals surface area contributed by atoms with Crippen molar-refractivity contribution in [2.45, 2.75) is 33.1 Å². The van der Waals surface area contributed by atoms with Gasteiger partial charge in [-0.3, -0.25) is 9.59 Å². The molecule has 1 saturated heterocycles. The topological polar surface area (TPSA) is 70.2 Å². The predicted octanol–water partition coefficient (Wildman–Crippen LogP) is 0.686. The van der Waals surface area contributed by atoms with E-state index in [0.717, 1.165) is 13.1 Å². The maximum atomic E-state index is 11.7. The zero-order valence-electron chi connectivity index (χ0n) is 11.8. The summed E-state index contributed by atoms with van der Waals surface area (Å²) in [5.41, 5.74) is 0. The molecule has 1 aliphatic rings. The smallest absolute Gasteiger partial charge is 0.220 e. The summed E-state index contributed by atoms with van der Waals surface area (Å²) in [6.07, 6.45) is 3.00. The zero-order valence-corrected chi connectivity index (χ0v) is 12.6. The number of carbonyl (C=O) groups is 2. The van der Waals surface area contributed by atoms with Crippen LogP contribution in [-0.4, -0.2) is 38.0 Å². The molecular weight excluding hydrogens is 266 g/mol. The minimum Gasteiger partial charge on any atom is -0.355 e. The van der Waals surface area contributed by atoms with Crippen LogP contribution in [0.3, 0.4) is 0 Å². The molecule has 0 aliphatic carbocycles. The number of carbonyl (C=O) groups excluding carboxylic acids is 2. The van der Waals surface area contributed by atoms with Crippen LogP contribution in [0, 0.1) is 11.8 Å². The third-order valence-corrected chi connectivity index (χ3v) is 3.47. The first-order chi connectivity index (χ1) is 8.59. The van der Waals surface area contributed by atoms with Crippen molar-refractivity contribution < 1.29 is 9.59 Å².